The molecule has 1 saturated heterocycles. The summed E-state index contributed by atoms with van der Waals surface area (Å²) >= 11 is 0. The molecule has 0 amide bonds. The molecule has 1 aliphatic heterocycles. The SMILES string of the molecule is CC(OC1CCCCO1)[PH](c1ccccc1)(c1ccccc1)c1ccccc1. The summed E-state index contributed by atoms with van der Waals surface area (Å²) in [7, 11) is -2.41. The zero-order valence-corrected chi connectivity index (χ0v) is 17.5. The Bertz CT molecular complexity index is 749. The van der Waals surface area contributed by atoms with Crippen molar-refractivity contribution in [3.63, 3.8) is 0 Å². The number of hydrogen-bond donors (Lipinski definition) is 0. The van der Waals surface area contributed by atoms with Gasteiger partial charge in [0.1, 0.15) is 0 Å². The summed E-state index contributed by atoms with van der Waals surface area (Å²) in [6.45, 7) is 3.05. The molecule has 2 nitrogen and oxygen atoms in total. The fourth-order valence-corrected chi connectivity index (χ4v) is 9.37. The van der Waals surface area contributed by atoms with E-state index in [1.807, 2.05) is 0 Å². The Morgan fingerprint density at radius 1 is 0.750 bits per heavy atom. The van der Waals surface area contributed by atoms with E-state index in [4.69, 9.17) is 9.47 Å². The first kappa shape index (κ1) is 19.3. The van der Waals surface area contributed by atoms with Crippen LogP contribution in [0.15, 0.2) is 91.0 Å². The van der Waals surface area contributed by atoms with Gasteiger partial charge < -0.3 is 0 Å². The Hall–Kier alpha value is -1.99. The van der Waals surface area contributed by atoms with Gasteiger partial charge in [-0.25, -0.2) is 0 Å². The predicted molar refractivity (Wildman–Crippen MR) is 121 cm³/mol. The number of hydrogen-bond acceptors (Lipinski definition) is 2. The van der Waals surface area contributed by atoms with Crippen LogP contribution in [0.25, 0.3) is 0 Å². The van der Waals surface area contributed by atoms with Crippen molar-refractivity contribution in [1.82, 2.24) is 0 Å². The summed E-state index contributed by atoms with van der Waals surface area (Å²) in [5, 5.41) is 4.11. The van der Waals surface area contributed by atoms with E-state index in [9.17, 15) is 0 Å². The summed E-state index contributed by atoms with van der Waals surface area (Å²) in [6.07, 6.45) is 3.18. The maximum atomic E-state index is 6.66. The van der Waals surface area contributed by atoms with E-state index in [-0.39, 0.29) is 12.1 Å². The molecule has 0 N–H and O–H groups in total. The molecular formula is C25H29O2P. The normalized spacial score (nSPS) is 19.1. The van der Waals surface area contributed by atoms with Crippen molar-refractivity contribution in [2.24, 2.45) is 0 Å². The van der Waals surface area contributed by atoms with Crippen LogP contribution in [-0.2, 0) is 9.47 Å². The first-order valence-corrected chi connectivity index (χ1v) is 12.3. The van der Waals surface area contributed by atoms with Crippen molar-refractivity contribution >= 4 is 23.2 Å². The van der Waals surface area contributed by atoms with Crippen molar-refractivity contribution in [1.29, 1.82) is 0 Å². The second kappa shape index (κ2) is 9.01. The third-order valence-corrected chi connectivity index (χ3v) is 10.9. The molecule has 0 aromatic heterocycles. The summed E-state index contributed by atoms with van der Waals surface area (Å²) in [5.41, 5.74) is 0. The van der Waals surface area contributed by atoms with E-state index >= 15 is 0 Å². The van der Waals surface area contributed by atoms with Crippen LogP contribution in [0.5, 0.6) is 0 Å². The van der Waals surface area contributed by atoms with E-state index in [0.29, 0.717) is 0 Å². The maximum absolute atomic E-state index is 6.66. The van der Waals surface area contributed by atoms with Crippen LogP contribution in [0.1, 0.15) is 26.2 Å². The third kappa shape index (κ3) is 3.78. The molecule has 2 atom stereocenters. The number of ether oxygens (including phenoxy) is 2. The van der Waals surface area contributed by atoms with Gasteiger partial charge in [-0.1, -0.05) is 0 Å². The molecule has 3 aromatic rings. The molecule has 28 heavy (non-hydrogen) atoms. The molecule has 1 heterocycles. The Balaban J connectivity index is 1.87. The van der Waals surface area contributed by atoms with Gasteiger partial charge in [0.25, 0.3) is 0 Å². The van der Waals surface area contributed by atoms with Gasteiger partial charge in [0, 0.05) is 0 Å². The minimum atomic E-state index is -2.41. The number of benzene rings is 3. The molecule has 3 heteroatoms. The van der Waals surface area contributed by atoms with Crippen LogP contribution in [0.2, 0.25) is 0 Å². The monoisotopic (exact) mass is 392 g/mol. The van der Waals surface area contributed by atoms with Crippen LogP contribution in [0.4, 0.5) is 0 Å². The van der Waals surface area contributed by atoms with Gasteiger partial charge in [0.15, 0.2) is 0 Å². The van der Waals surface area contributed by atoms with Gasteiger partial charge in [-0.15, -0.1) is 0 Å². The second-order valence-corrected chi connectivity index (χ2v) is 11.6. The Kier molecular flexibility index (Phi) is 6.22. The molecule has 0 bridgehead atoms. The van der Waals surface area contributed by atoms with Crippen molar-refractivity contribution in [2.45, 2.75) is 38.3 Å². The minimum absolute atomic E-state index is 0.0443. The van der Waals surface area contributed by atoms with E-state index in [1.54, 1.807) is 0 Å². The topological polar surface area (TPSA) is 18.5 Å². The van der Waals surface area contributed by atoms with Crippen molar-refractivity contribution in [3.8, 4) is 0 Å². The molecule has 2 unspecified atom stereocenters. The third-order valence-electron chi connectivity index (χ3n) is 5.79. The van der Waals surface area contributed by atoms with Crippen molar-refractivity contribution in [3.05, 3.63) is 91.0 Å². The fourth-order valence-electron chi connectivity index (χ4n) is 4.46. The van der Waals surface area contributed by atoms with E-state index in [2.05, 4.69) is 97.9 Å². The standard InChI is InChI=1S/C25H29O2P/c1-21(27-25-19-11-12-20-26-25)28(22-13-5-2-6-14-22,23-15-7-3-8-16-23)24-17-9-4-10-18-24/h2-10,13-18,21,25,28H,11-12,19-20H2,1H3. The molecular weight excluding hydrogens is 363 g/mol. The van der Waals surface area contributed by atoms with Crippen LogP contribution in [0, 0.1) is 0 Å². The Morgan fingerprint density at radius 2 is 1.21 bits per heavy atom. The van der Waals surface area contributed by atoms with E-state index < -0.39 is 7.26 Å². The molecule has 0 aliphatic carbocycles. The molecule has 0 spiro atoms. The molecule has 0 saturated carbocycles. The Labute approximate surface area is 168 Å². The van der Waals surface area contributed by atoms with Gasteiger partial charge in [-0.3, -0.25) is 0 Å². The zero-order chi connectivity index (χ0) is 19.2. The van der Waals surface area contributed by atoms with Gasteiger partial charge in [-0.2, -0.15) is 0 Å². The average molecular weight is 392 g/mol. The Morgan fingerprint density at radius 3 is 1.61 bits per heavy atom. The molecule has 0 radical (unpaired) electrons. The van der Waals surface area contributed by atoms with Gasteiger partial charge in [0.05, 0.1) is 0 Å². The molecule has 1 aliphatic rings. The molecule has 1 fully saturated rings. The quantitative estimate of drug-likeness (QED) is 0.571. The van der Waals surface area contributed by atoms with Gasteiger partial charge >= 0.3 is 169 Å². The van der Waals surface area contributed by atoms with Crippen LogP contribution in [-0.4, -0.2) is 18.7 Å². The molecule has 146 valence electrons. The first-order chi connectivity index (χ1) is 13.8. The summed E-state index contributed by atoms with van der Waals surface area (Å²) in [5.74, 6) is 0.0443. The van der Waals surface area contributed by atoms with Crippen molar-refractivity contribution < 1.29 is 9.47 Å². The zero-order valence-electron chi connectivity index (χ0n) is 16.5. The average Bonchev–Trinajstić information content (AvgIpc) is 2.77. The number of rotatable bonds is 6. The molecule has 3 aromatic carbocycles. The van der Waals surface area contributed by atoms with Crippen molar-refractivity contribution in [2.75, 3.05) is 6.61 Å². The van der Waals surface area contributed by atoms with Crippen LogP contribution >= 0.6 is 7.26 Å². The van der Waals surface area contributed by atoms with E-state index in [0.717, 1.165) is 19.4 Å². The fraction of sp³-hybridized carbons (Fsp3) is 0.280. The summed E-state index contributed by atoms with van der Waals surface area (Å²) in [6, 6.07) is 32.8. The predicted octanol–water partition coefficient (Wildman–Crippen LogP) is 4.60. The van der Waals surface area contributed by atoms with Crippen LogP contribution < -0.4 is 15.9 Å². The van der Waals surface area contributed by atoms with Gasteiger partial charge in [0.2, 0.25) is 0 Å². The summed E-state index contributed by atoms with van der Waals surface area (Å²) < 4.78 is 12.6. The molecule has 4 rings (SSSR count). The second-order valence-electron chi connectivity index (χ2n) is 7.48. The van der Waals surface area contributed by atoms with Gasteiger partial charge in [-0.05, 0) is 0 Å². The van der Waals surface area contributed by atoms with Crippen LogP contribution in [0.3, 0.4) is 0 Å². The van der Waals surface area contributed by atoms with E-state index in [1.165, 1.54) is 22.3 Å². The summed E-state index contributed by atoms with van der Waals surface area (Å²) in [4.78, 5) is 0. The first-order valence-electron chi connectivity index (χ1n) is 10.3.